The Kier molecular flexibility index (Phi) is 5.77. The van der Waals surface area contributed by atoms with Crippen molar-refractivity contribution in [1.29, 1.82) is 0 Å². The van der Waals surface area contributed by atoms with E-state index in [4.69, 9.17) is 9.84 Å². The number of rotatable bonds is 5. The normalized spacial score (nSPS) is 25.8. The van der Waals surface area contributed by atoms with E-state index in [1.807, 2.05) is 4.90 Å². The summed E-state index contributed by atoms with van der Waals surface area (Å²) < 4.78 is 5.38. The average Bonchev–Trinajstić information content (AvgIpc) is 2.30. The molecule has 1 rings (SSSR count). The number of hydrogen-bond acceptors (Lipinski definition) is 3. The number of aliphatic hydroxyl groups excluding tert-OH is 1. The van der Waals surface area contributed by atoms with Crippen molar-refractivity contribution < 1.29 is 14.6 Å². The fourth-order valence-corrected chi connectivity index (χ4v) is 2.11. The molecule has 4 heteroatoms. The van der Waals surface area contributed by atoms with E-state index in [2.05, 4.69) is 6.92 Å². The molecule has 2 atom stereocenters. The van der Waals surface area contributed by atoms with Crippen LogP contribution < -0.4 is 0 Å². The van der Waals surface area contributed by atoms with Crippen molar-refractivity contribution in [2.45, 2.75) is 38.7 Å². The molecule has 2 unspecified atom stereocenters. The number of methoxy groups -OCH3 is 1. The predicted octanol–water partition coefficient (Wildman–Crippen LogP) is 1.03. The summed E-state index contributed by atoms with van der Waals surface area (Å²) in [6.45, 7) is 3.90. The second kappa shape index (κ2) is 6.86. The molecule has 16 heavy (non-hydrogen) atoms. The van der Waals surface area contributed by atoms with Crippen molar-refractivity contribution in [2.75, 3.05) is 26.8 Å². The SMILES string of the molecule is COC1CN(C(=O)CCCCO)CCC1C. The number of carbonyl (C=O) groups excluding carboxylic acids is 1. The molecule has 0 aromatic heterocycles. The number of amides is 1. The van der Waals surface area contributed by atoms with Gasteiger partial charge in [-0.1, -0.05) is 6.92 Å². The van der Waals surface area contributed by atoms with Crippen LogP contribution in [0.25, 0.3) is 0 Å². The molecule has 1 saturated heterocycles. The molecule has 1 aliphatic rings. The molecule has 0 spiro atoms. The van der Waals surface area contributed by atoms with E-state index in [0.29, 0.717) is 18.8 Å². The van der Waals surface area contributed by atoms with E-state index >= 15 is 0 Å². The first-order chi connectivity index (χ1) is 7.69. The minimum atomic E-state index is 0.172. The van der Waals surface area contributed by atoms with Crippen LogP contribution in [0.3, 0.4) is 0 Å². The molecule has 4 nitrogen and oxygen atoms in total. The van der Waals surface area contributed by atoms with E-state index in [1.54, 1.807) is 7.11 Å². The molecule has 1 aliphatic heterocycles. The van der Waals surface area contributed by atoms with Gasteiger partial charge in [0.2, 0.25) is 5.91 Å². The van der Waals surface area contributed by atoms with Crippen LogP contribution in [0.4, 0.5) is 0 Å². The van der Waals surface area contributed by atoms with E-state index in [-0.39, 0.29) is 18.6 Å². The van der Waals surface area contributed by atoms with Crippen molar-refractivity contribution in [1.82, 2.24) is 4.90 Å². The summed E-state index contributed by atoms with van der Waals surface area (Å²) in [5, 5.41) is 8.66. The van der Waals surface area contributed by atoms with Crippen LogP contribution in [0.1, 0.15) is 32.6 Å². The largest absolute Gasteiger partial charge is 0.396 e. The predicted molar refractivity (Wildman–Crippen MR) is 62.1 cm³/mol. The van der Waals surface area contributed by atoms with Crippen molar-refractivity contribution >= 4 is 5.91 Å². The molecule has 1 heterocycles. The zero-order chi connectivity index (χ0) is 12.0. The zero-order valence-electron chi connectivity index (χ0n) is 10.3. The van der Waals surface area contributed by atoms with E-state index in [9.17, 15) is 4.79 Å². The number of piperidine rings is 1. The van der Waals surface area contributed by atoms with Gasteiger partial charge >= 0.3 is 0 Å². The summed E-state index contributed by atoms with van der Waals surface area (Å²) in [5.41, 5.74) is 0. The Morgan fingerprint density at radius 1 is 1.50 bits per heavy atom. The molecular formula is C12H23NO3. The lowest BCUT2D eigenvalue weighted by atomic mass is 9.95. The molecule has 0 aromatic rings. The quantitative estimate of drug-likeness (QED) is 0.716. The number of ether oxygens (including phenoxy) is 1. The van der Waals surface area contributed by atoms with Crippen LogP contribution in [0.5, 0.6) is 0 Å². The van der Waals surface area contributed by atoms with Gasteiger partial charge in [-0.25, -0.2) is 0 Å². The number of likely N-dealkylation sites (tertiary alicyclic amines) is 1. The van der Waals surface area contributed by atoms with Gasteiger partial charge in [-0.15, -0.1) is 0 Å². The molecule has 0 saturated carbocycles. The molecule has 1 amide bonds. The number of unbranched alkanes of at least 4 members (excludes halogenated alkanes) is 1. The third kappa shape index (κ3) is 3.76. The van der Waals surface area contributed by atoms with Gasteiger partial charge in [-0.3, -0.25) is 4.79 Å². The highest BCUT2D eigenvalue weighted by atomic mass is 16.5. The molecular weight excluding hydrogens is 206 g/mol. The number of nitrogens with zero attached hydrogens (tertiary/aromatic N) is 1. The standard InChI is InChI=1S/C12H23NO3/c1-10-6-7-13(9-11(10)16-2)12(15)5-3-4-8-14/h10-11,14H,3-9H2,1-2H3. The maximum Gasteiger partial charge on any atom is 0.222 e. The highest BCUT2D eigenvalue weighted by molar-refractivity contribution is 5.76. The summed E-state index contributed by atoms with van der Waals surface area (Å²) in [5.74, 6) is 0.730. The lowest BCUT2D eigenvalue weighted by Gasteiger charge is -2.36. The Morgan fingerprint density at radius 2 is 2.25 bits per heavy atom. The Bertz CT molecular complexity index is 220. The zero-order valence-corrected chi connectivity index (χ0v) is 10.3. The Balaban J connectivity index is 2.33. The van der Waals surface area contributed by atoms with Gasteiger partial charge in [0.25, 0.3) is 0 Å². The third-order valence-corrected chi connectivity index (χ3v) is 3.34. The fraction of sp³-hybridized carbons (Fsp3) is 0.917. The summed E-state index contributed by atoms with van der Waals surface area (Å²) in [7, 11) is 1.71. The Morgan fingerprint density at radius 3 is 2.88 bits per heavy atom. The summed E-state index contributed by atoms with van der Waals surface area (Å²) in [4.78, 5) is 13.7. The van der Waals surface area contributed by atoms with Gasteiger partial charge in [0.1, 0.15) is 0 Å². The van der Waals surface area contributed by atoms with Crippen LogP contribution in [-0.4, -0.2) is 48.8 Å². The maximum atomic E-state index is 11.8. The second-order valence-electron chi connectivity index (χ2n) is 4.56. The molecule has 94 valence electrons. The molecule has 0 aromatic carbocycles. The minimum absolute atomic E-state index is 0.172. The van der Waals surface area contributed by atoms with E-state index < -0.39 is 0 Å². The highest BCUT2D eigenvalue weighted by Gasteiger charge is 2.28. The summed E-state index contributed by atoms with van der Waals surface area (Å²) >= 11 is 0. The van der Waals surface area contributed by atoms with Crippen LogP contribution in [0.2, 0.25) is 0 Å². The van der Waals surface area contributed by atoms with Crippen LogP contribution in [0.15, 0.2) is 0 Å². The van der Waals surface area contributed by atoms with Gasteiger partial charge in [0.15, 0.2) is 0 Å². The number of carbonyl (C=O) groups is 1. The molecule has 0 radical (unpaired) electrons. The fourth-order valence-electron chi connectivity index (χ4n) is 2.11. The second-order valence-corrected chi connectivity index (χ2v) is 4.56. The van der Waals surface area contributed by atoms with Crippen molar-refractivity contribution in [3.63, 3.8) is 0 Å². The van der Waals surface area contributed by atoms with E-state index in [0.717, 1.165) is 25.9 Å². The topological polar surface area (TPSA) is 49.8 Å². The van der Waals surface area contributed by atoms with Crippen molar-refractivity contribution in [3.8, 4) is 0 Å². The van der Waals surface area contributed by atoms with Crippen LogP contribution in [0, 0.1) is 5.92 Å². The molecule has 0 aliphatic carbocycles. The lowest BCUT2D eigenvalue weighted by molar-refractivity contribution is -0.136. The number of aliphatic hydroxyl groups is 1. The summed E-state index contributed by atoms with van der Waals surface area (Å²) in [6, 6.07) is 0. The average molecular weight is 229 g/mol. The van der Waals surface area contributed by atoms with Gasteiger partial charge in [0, 0.05) is 33.2 Å². The minimum Gasteiger partial charge on any atom is -0.396 e. The monoisotopic (exact) mass is 229 g/mol. The lowest BCUT2D eigenvalue weighted by Crippen LogP contribution is -2.46. The highest BCUT2D eigenvalue weighted by Crippen LogP contribution is 2.20. The Hall–Kier alpha value is -0.610. The van der Waals surface area contributed by atoms with Crippen molar-refractivity contribution in [3.05, 3.63) is 0 Å². The van der Waals surface area contributed by atoms with Gasteiger partial charge in [0.05, 0.1) is 6.10 Å². The number of hydrogen-bond donors (Lipinski definition) is 1. The van der Waals surface area contributed by atoms with Gasteiger partial charge in [-0.2, -0.15) is 0 Å². The maximum absolute atomic E-state index is 11.8. The van der Waals surface area contributed by atoms with Crippen LogP contribution in [-0.2, 0) is 9.53 Å². The first kappa shape index (κ1) is 13.5. The van der Waals surface area contributed by atoms with E-state index in [1.165, 1.54) is 0 Å². The summed E-state index contributed by atoms with van der Waals surface area (Å²) in [6.07, 6.45) is 3.23. The first-order valence-electron chi connectivity index (χ1n) is 6.10. The van der Waals surface area contributed by atoms with Crippen molar-refractivity contribution in [2.24, 2.45) is 5.92 Å². The first-order valence-corrected chi connectivity index (χ1v) is 6.10. The molecule has 1 N–H and O–H groups in total. The molecule has 0 bridgehead atoms. The van der Waals surface area contributed by atoms with Crippen LogP contribution >= 0.6 is 0 Å². The van der Waals surface area contributed by atoms with Gasteiger partial charge in [-0.05, 0) is 25.2 Å². The molecule has 1 fully saturated rings. The smallest absolute Gasteiger partial charge is 0.222 e. The Labute approximate surface area is 97.6 Å². The van der Waals surface area contributed by atoms with Gasteiger partial charge < -0.3 is 14.7 Å². The third-order valence-electron chi connectivity index (χ3n) is 3.34.